The average molecular weight is 269 g/mol. The minimum absolute atomic E-state index is 0.121. The molecule has 0 aromatic rings. The van der Waals surface area contributed by atoms with Crippen LogP contribution in [-0.4, -0.2) is 67.2 Å². The van der Waals surface area contributed by atoms with E-state index in [1.807, 2.05) is 4.90 Å². The van der Waals surface area contributed by atoms with Gasteiger partial charge in [0.25, 0.3) is 0 Å². The number of amidine groups is 1. The van der Waals surface area contributed by atoms with Gasteiger partial charge >= 0.3 is 5.97 Å². The number of methoxy groups -OCH3 is 1. The van der Waals surface area contributed by atoms with E-state index in [0.29, 0.717) is 5.84 Å². The second-order valence-corrected chi connectivity index (χ2v) is 5.08. The van der Waals surface area contributed by atoms with Crippen LogP contribution in [-0.2, 0) is 9.53 Å². The van der Waals surface area contributed by atoms with Crippen molar-refractivity contribution in [1.29, 1.82) is 0 Å². The zero-order valence-corrected chi connectivity index (χ0v) is 11.5. The Kier molecular flexibility index (Phi) is 5.15. The lowest BCUT2D eigenvalue weighted by Gasteiger charge is -2.27. The minimum Gasteiger partial charge on any atom is -0.467 e. The smallest absolute Gasteiger partial charge is 0.328 e. The molecule has 0 amide bonds. The summed E-state index contributed by atoms with van der Waals surface area (Å²) >= 11 is 0. The minimum atomic E-state index is -0.285. The molecule has 6 heteroatoms. The van der Waals surface area contributed by atoms with Crippen molar-refractivity contribution in [2.45, 2.75) is 37.8 Å². The predicted molar refractivity (Wildman–Crippen MR) is 72.2 cm³/mol. The third-order valence-corrected chi connectivity index (χ3v) is 3.80. The van der Waals surface area contributed by atoms with E-state index in [4.69, 9.17) is 4.74 Å². The van der Waals surface area contributed by atoms with Crippen molar-refractivity contribution in [1.82, 2.24) is 10.2 Å². The van der Waals surface area contributed by atoms with E-state index in [-0.39, 0.29) is 24.7 Å². The van der Waals surface area contributed by atoms with Crippen LogP contribution in [0.2, 0.25) is 0 Å². The van der Waals surface area contributed by atoms with Crippen molar-refractivity contribution < 1.29 is 14.6 Å². The molecular formula is C13H23N3O3. The number of piperidine rings is 1. The number of aliphatic imine (C=N–C) groups is 1. The molecule has 2 rings (SSSR count). The van der Waals surface area contributed by atoms with Gasteiger partial charge in [-0.2, -0.15) is 0 Å². The van der Waals surface area contributed by atoms with Gasteiger partial charge in [-0.3, -0.25) is 4.99 Å². The van der Waals surface area contributed by atoms with Crippen LogP contribution in [0.3, 0.4) is 0 Å². The van der Waals surface area contributed by atoms with Gasteiger partial charge in [0.2, 0.25) is 0 Å². The van der Waals surface area contributed by atoms with E-state index >= 15 is 0 Å². The maximum atomic E-state index is 11.7. The topological polar surface area (TPSA) is 74.2 Å². The number of esters is 1. The van der Waals surface area contributed by atoms with E-state index in [9.17, 15) is 9.90 Å². The highest BCUT2D eigenvalue weighted by Crippen LogP contribution is 2.20. The Morgan fingerprint density at radius 2 is 2.32 bits per heavy atom. The molecule has 2 saturated heterocycles. The fraction of sp³-hybridized carbons (Fsp3) is 0.846. The number of aliphatic hydroxyl groups is 1. The summed E-state index contributed by atoms with van der Waals surface area (Å²) in [5.74, 6) is 0.391. The molecule has 0 bridgehead atoms. The van der Waals surface area contributed by atoms with E-state index in [1.165, 1.54) is 7.11 Å². The largest absolute Gasteiger partial charge is 0.467 e. The molecule has 0 aliphatic carbocycles. The first-order chi connectivity index (χ1) is 9.26. The van der Waals surface area contributed by atoms with Crippen molar-refractivity contribution >= 4 is 11.8 Å². The SMILES string of the molecule is COC(=O)C1CCCN1C(CO)=NC1CCCNC1. The first-order valence-electron chi connectivity index (χ1n) is 6.99. The maximum absolute atomic E-state index is 11.7. The molecule has 0 spiro atoms. The molecule has 0 saturated carbocycles. The number of hydrogen-bond acceptors (Lipinski definition) is 5. The summed E-state index contributed by atoms with van der Waals surface area (Å²) < 4.78 is 4.82. The van der Waals surface area contributed by atoms with Gasteiger partial charge in [-0.15, -0.1) is 0 Å². The molecule has 19 heavy (non-hydrogen) atoms. The van der Waals surface area contributed by atoms with Gasteiger partial charge in [0.15, 0.2) is 0 Å². The van der Waals surface area contributed by atoms with Crippen LogP contribution in [0.5, 0.6) is 0 Å². The molecule has 2 N–H and O–H groups in total. The third-order valence-electron chi connectivity index (χ3n) is 3.80. The van der Waals surface area contributed by atoms with E-state index in [2.05, 4.69) is 10.3 Å². The first kappa shape index (κ1) is 14.3. The van der Waals surface area contributed by atoms with Gasteiger partial charge in [0.05, 0.1) is 13.2 Å². The standard InChI is InChI=1S/C13H23N3O3/c1-19-13(18)11-5-3-7-16(11)12(9-17)15-10-4-2-6-14-8-10/h10-11,14,17H,2-9H2,1H3. The van der Waals surface area contributed by atoms with Crippen molar-refractivity contribution in [3.05, 3.63) is 0 Å². The van der Waals surface area contributed by atoms with Crippen LogP contribution in [0, 0.1) is 0 Å². The molecule has 2 unspecified atom stereocenters. The zero-order valence-electron chi connectivity index (χ0n) is 11.5. The number of rotatable bonds is 3. The third kappa shape index (κ3) is 3.45. The molecule has 0 aromatic carbocycles. The van der Waals surface area contributed by atoms with Gasteiger partial charge < -0.3 is 20.1 Å². The summed E-state index contributed by atoms with van der Waals surface area (Å²) in [6, 6.07) is -0.0813. The summed E-state index contributed by atoms with van der Waals surface area (Å²) in [6.45, 7) is 2.53. The van der Waals surface area contributed by atoms with Crippen LogP contribution >= 0.6 is 0 Å². The highest BCUT2D eigenvalue weighted by Gasteiger charge is 2.33. The van der Waals surface area contributed by atoms with Gasteiger partial charge in [-0.1, -0.05) is 0 Å². The Labute approximate surface area is 113 Å². The summed E-state index contributed by atoms with van der Waals surface area (Å²) in [5.41, 5.74) is 0. The summed E-state index contributed by atoms with van der Waals surface area (Å²) in [7, 11) is 1.40. The lowest BCUT2D eigenvalue weighted by Crippen LogP contribution is -2.44. The number of ether oxygens (including phenoxy) is 1. The quantitative estimate of drug-likeness (QED) is 0.420. The van der Waals surface area contributed by atoms with Gasteiger partial charge in [-0.25, -0.2) is 4.79 Å². The first-order valence-corrected chi connectivity index (χ1v) is 6.99. The molecule has 0 aromatic heterocycles. The fourth-order valence-electron chi connectivity index (χ4n) is 2.82. The molecule has 6 nitrogen and oxygen atoms in total. The molecule has 2 atom stereocenters. The second kappa shape index (κ2) is 6.86. The average Bonchev–Trinajstić information content (AvgIpc) is 2.94. The Bertz CT molecular complexity index is 340. The number of carbonyl (C=O) groups is 1. The molecule has 2 aliphatic heterocycles. The van der Waals surface area contributed by atoms with Crippen LogP contribution in [0.1, 0.15) is 25.7 Å². The predicted octanol–water partition coefficient (Wildman–Crippen LogP) is -0.233. The van der Waals surface area contributed by atoms with Crippen LogP contribution in [0.15, 0.2) is 4.99 Å². The number of carbonyl (C=O) groups excluding carboxylic acids is 1. The van der Waals surface area contributed by atoms with Gasteiger partial charge in [0.1, 0.15) is 18.5 Å². The Balaban J connectivity index is 2.06. The molecule has 2 fully saturated rings. The van der Waals surface area contributed by atoms with Crippen molar-refractivity contribution in [2.24, 2.45) is 4.99 Å². The normalized spacial score (nSPS) is 28.5. The molecule has 2 heterocycles. The van der Waals surface area contributed by atoms with Crippen molar-refractivity contribution in [2.75, 3.05) is 33.4 Å². The van der Waals surface area contributed by atoms with Crippen LogP contribution in [0.25, 0.3) is 0 Å². The van der Waals surface area contributed by atoms with Crippen molar-refractivity contribution in [3.8, 4) is 0 Å². The summed E-state index contributed by atoms with van der Waals surface area (Å²) in [5, 5.41) is 12.8. The molecule has 2 aliphatic rings. The fourth-order valence-corrected chi connectivity index (χ4v) is 2.82. The summed E-state index contributed by atoms with van der Waals surface area (Å²) in [6.07, 6.45) is 3.84. The van der Waals surface area contributed by atoms with Crippen LogP contribution in [0.4, 0.5) is 0 Å². The van der Waals surface area contributed by atoms with Crippen LogP contribution < -0.4 is 5.32 Å². The number of nitrogens with one attached hydrogen (secondary N) is 1. The second-order valence-electron chi connectivity index (χ2n) is 5.08. The highest BCUT2D eigenvalue weighted by atomic mass is 16.5. The Morgan fingerprint density at radius 1 is 1.47 bits per heavy atom. The number of nitrogens with zero attached hydrogens (tertiary/aromatic N) is 2. The lowest BCUT2D eigenvalue weighted by molar-refractivity contribution is -0.144. The molecule has 108 valence electrons. The summed E-state index contributed by atoms with van der Waals surface area (Å²) in [4.78, 5) is 18.3. The Morgan fingerprint density at radius 3 is 2.95 bits per heavy atom. The van der Waals surface area contributed by atoms with E-state index < -0.39 is 0 Å². The van der Waals surface area contributed by atoms with Crippen molar-refractivity contribution in [3.63, 3.8) is 0 Å². The zero-order chi connectivity index (χ0) is 13.7. The number of aliphatic hydroxyl groups excluding tert-OH is 1. The molecular weight excluding hydrogens is 246 g/mol. The lowest BCUT2D eigenvalue weighted by atomic mass is 10.1. The monoisotopic (exact) mass is 269 g/mol. The maximum Gasteiger partial charge on any atom is 0.328 e. The Hall–Kier alpha value is -1.14. The number of likely N-dealkylation sites (tertiary alicyclic amines) is 1. The number of hydrogen-bond donors (Lipinski definition) is 2. The highest BCUT2D eigenvalue weighted by molar-refractivity contribution is 5.89. The van der Waals surface area contributed by atoms with E-state index in [0.717, 1.165) is 45.3 Å². The van der Waals surface area contributed by atoms with E-state index in [1.54, 1.807) is 0 Å². The van der Waals surface area contributed by atoms with Gasteiger partial charge in [0, 0.05) is 13.1 Å². The van der Waals surface area contributed by atoms with Gasteiger partial charge in [-0.05, 0) is 32.2 Å². The molecule has 0 radical (unpaired) electrons.